The third kappa shape index (κ3) is 6.40. The molecule has 1 saturated carbocycles. The first-order valence-corrected chi connectivity index (χ1v) is 7.60. The van der Waals surface area contributed by atoms with Crippen LogP contribution in [-0.2, 0) is 11.3 Å². The molecule has 0 aliphatic heterocycles. The van der Waals surface area contributed by atoms with Gasteiger partial charge in [0.25, 0.3) is 0 Å². The first kappa shape index (κ1) is 16.2. The second-order valence-corrected chi connectivity index (χ2v) is 5.33. The molecule has 3 nitrogen and oxygen atoms in total. The van der Waals surface area contributed by atoms with E-state index in [1.54, 1.807) is 24.3 Å². The number of halogens is 2. The van der Waals surface area contributed by atoms with E-state index in [-0.39, 0.29) is 5.75 Å². The molecule has 0 bridgehead atoms. The molecule has 0 spiro atoms. The molecule has 1 fully saturated rings. The molecule has 5 heteroatoms. The molecule has 0 amide bonds. The molecule has 0 unspecified atom stereocenters. The molecule has 0 saturated heterocycles. The maximum Gasteiger partial charge on any atom is 0.387 e. The van der Waals surface area contributed by atoms with Crippen LogP contribution in [0, 0.1) is 0 Å². The zero-order valence-electron chi connectivity index (χ0n) is 12.2. The van der Waals surface area contributed by atoms with Crippen molar-refractivity contribution >= 4 is 0 Å². The average Bonchev–Trinajstić information content (AvgIpc) is 2.49. The van der Waals surface area contributed by atoms with E-state index in [9.17, 15) is 8.78 Å². The van der Waals surface area contributed by atoms with Gasteiger partial charge >= 0.3 is 6.61 Å². The van der Waals surface area contributed by atoms with Crippen LogP contribution in [0.2, 0.25) is 0 Å². The Bertz CT molecular complexity index is 392. The number of alkyl halides is 2. The summed E-state index contributed by atoms with van der Waals surface area (Å²) in [5, 5.41) is 3.29. The maximum absolute atomic E-state index is 12.0. The lowest BCUT2D eigenvalue weighted by Gasteiger charge is -2.22. The number of nitrogens with one attached hydrogen (secondary N) is 1. The van der Waals surface area contributed by atoms with Gasteiger partial charge < -0.3 is 14.8 Å². The fourth-order valence-electron chi connectivity index (χ4n) is 2.55. The van der Waals surface area contributed by atoms with Crippen molar-refractivity contribution in [3.8, 4) is 5.75 Å². The van der Waals surface area contributed by atoms with E-state index >= 15 is 0 Å². The van der Waals surface area contributed by atoms with Gasteiger partial charge in [0.1, 0.15) is 5.75 Å². The largest absolute Gasteiger partial charge is 0.435 e. The predicted octanol–water partition coefficient (Wildman–Crippen LogP) is 3.73. The van der Waals surface area contributed by atoms with Crippen molar-refractivity contribution in [2.24, 2.45) is 0 Å². The highest BCUT2D eigenvalue weighted by Gasteiger charge is 2.12. The smallest absolute Gasteiger partial charge is 0.387 e. The SMILES string of the molecule is FC(F)Oc1ccc(CNCCOC2CCCCC2)cc1. The van der Waals surface area contributed by atoms with Crippen molar-refractivity contribution in [2.45, 2.75) is 51.4 Å². The summed E-state index contributed by atoms with van der Waals surface area (Å²) in [4.78, 5) is 0. The highest BCUT2D eigenvalue weighted by Crippen LogP contribution is 2.20. The Morgan fingerprint density at radius 2 is 1.81 bits per heavy atom. The Morgan fingerprint density at radius 3 is 2.48 bits per heavy atom. The monoisotopic (exact) mass is 299 g/mol. The van der Waals surface area contributed by atoms with Gasteiger partial charge in [-0.2, -0.15) is 8.78 Å². The zero-order chi connectivity index (χ0) is 14.9. The summed E-state index contributed by atoms with van der Waals surface area (Å²) in [7, 11) is 0. The first-order chi connectivity index (χ1) is 10.2. The van der Waals surface area contributed by atoms with Crippen molar-refractivity contribution < 1.29 is 18.3 Å². The Kier molecular flexibility index (Phi) is 6.89. The van der Waals surface area contributed by atoms with Crippen molar-refractivity contribution in [2.75, 3.05) is 13.2 Å². The van der Waals surface area contributed by atoms with Crippen molar-refractivity contribution in [1.29, 1.82) is 0 Å². The number of rotatable bonds is 8. The van der Waals surface area contributed by atoms with Crippen LogP contribution in [0.25, 0.3) is 0 Å². The van der Waals surface area contributed by atoms with E-state index in [1.165, 1.54) is 32.1 Å². The number of hydrogen-bond donors (Lipinski definition) is 1. The molecular weight excluding hydrogens is 276 g/mol. The van der Waals surface area contributed by atoms with Gasteiger partial charge in [-0.25, -0.2) is 0 Å². The molecule has 1 aromatic carbocycles. The van der Waals surface area contributed by atoms with Gasteiger partial charge in [0, 0.05) is 13.1 Å². The van der Waals surface area contributed by atoms with Gasteiger partial charge in [0.15, 0.2) is 0 Å². The molecule has 0 aromatic heterocycles. The normalized spacial score (nSPS) is 16.3. The van der Waals surface area contributed by atoms with Crippen LogP contribution in [0.4, 0.5) is 8.78 Å². The van der Waals surface area contributed by atoms with Crippen LogP contribution in [0.3, 0.4) is 0 Å². The van der Waals surface area contributed by atoms with Gasteiger partial charge in [-0.05, 0) is 30.5 Å². The fraction of sp³-hybridized carbons (Fsp3) is 0.625. The molecular formula is C16H23F2NO2. The molecule has 21 heavy (non-hydrogen) atoms. The van der Waals surface area contributed by atoms with Crippen LogP contribution in [-0.4, -0.2) is 25.9 Å². The van der Waals surface area contributed by atoms with E-state index in [4.69, 9.17) is 4.74 Å². The third-order valence-electron chi connectivity index (χ3n) is 3.66. The molecule has 2 rings (SSSR count). The summed E-state index contributed by atoms with van der Waals surface area (Å²) in [6.07, 6.45) is 6.71. The second kappa shape index (κ2) is 8.95. The van der Waals surface area contributed by atoms with Crippen LogP contribution in [0.1, 0.15) is 37.7 Å². The standard InChI is InChI=1S/C16H23F2NO2/c17-16(18)21-15-8-6-13(7-9-15)12-19-10-11-20-14-4-2-1-3-5-14/h6-9,14,16,19H,1-5,10-12H2. The molecule has 118 valence electrons. The maximum atomic E-state index is 12.0. The Balaban J connectivity index is 1.57. The van der Waals surface area contributed by atoms with E-state index in [1.807, 2.05) is 0 Å². The lowest BCUT2D eigenvalue weighted by atomic mass is 9.98. The summed E-state index contributed by atoms with van der Waals surface area (Å²) in [5.41, 5.74) is 1.04. The predicted molar refractivity (Wildman–Crippen MR) is 77.6 cm³/mol. The van der Waals surface area contributed by atoms with Gasteiger partial charge in [-0.15, -0.1) is 0 Å². The van der Waals surface area contributed by atoms with Crippen LogP contribution < -0.4 is 10.1 Å². The Labute approximate surface area is 124 Å². The quantitative estimate of drug-likeness (QED) is 0.742. The van der Waals surface area contributed by atoms with Crippen molar-refractivity contribution in [3.63, 3.8) is 0 Å². The number of ether oxygens (including phenoxy) is 2. The molecule has 0 radical (unpaired) electrons. The molecule has 0 heterocycles. The van der Waals surface area contributed by atoms with Crippen LogP contribution in [0.15, 0.2) is 24.3 Å². The van der Waals surface area contributed by atoms with E-state index in [0.717, 1.165) is 18.7 Å². The van der Waals surface area contributed by atoms with Gasteiger partial charge in [0.2, 0.25) is 0 Å². The minimum Gasteiger partial charge on any atom is -0.435 e. The van der Waals surface area contributed by atoms with Crippen molar-refractivity contribution in [1.82, 2.24) is 5.32 Å². The molecule has 1 aliphatic rings. The second-order valence-electron chi connectivity index (χ2n) is 5.33. The Hall–Kier alpha value is -1.20. The molecule has 1 aliphatic carbocycles. The number of hydrogen-bond acceptors (Lipinski definition) is 3. The number of benzene rings is 1. The lowest BCUT2D eigenvalue weighted by Crippen LogP contribution is -2.24. The minimum atomic E-state index is -2.77. The highest BCUT2D eigenvalue weighted by atomic mass is 19.3. The minimum absolute atomic E-state index is 0.189. The highest BCUT2D eigenvalue weighted by molar-refractivity contribution is 5.27. The van der Waals surface area contributed by atoms with Gasteiger partial charge in [0.05, 0.1) is 12.7 Å². The van der Waals surface area contributed by atoms with Crippen LogP contribution >= 0.6 is 0 Å². The Morgan fingerprint density at radius 1 is 1.10 bits per heavy atom. The zero-order valence-corrected chi connectivity index (χ0v) is 12.2. The van der Waals surface area contributed by atoms with Gasteiger partial charge in [-0.3, -0.25) is 0 Å². The lowest BCUT2D eigenvalue weighted by molar-refractivity contribution is -0.0498. The third-order valence-corrected chi connectivity index (χ3v) is 3.66. The topological polar surface area (TPSA) is 30.5 Å². The van der Waals surface area contributed by atoms with Gasteiger partial charge in [-0.1, -0.05) is 31.4 Å². The van der Waals surface area contributed by atoms with E-state index in [0.29, 0.717) is 12.6 Å². The fourth-order valence-corrected chi connectivity index (χ4v) is 2.55. The summed E-state index contributed by atoms with van der Waals surface area (Å²) in [6, 6.07) is 6.68. The van der Waals surface area contributed by atoms with E-state index < -0.39 is 6.61 Å². The summed E-state index contributed by atoms with van der Waals surface area (Å²) < 4.78 is 34.2. The molecule has 1 N–H and O–H groups in total. The van der Waals surface area contributed by atoms with Crippen molar-refractivity contribution in [3.05, 3.63) is 29.8 Å². The summed E-state index contributed by atoms with van der Waals surface area (Å²) in [5.74, 6) is 0.189. The summed E-state index contributed by atoms with van der Waals surface area (Å²) >= 11 is 0. The van der Waals surface area contributed by atoms with E-state index in [2.05, 4.69) is 10.1 Å². The average molecular weight is 299 g/mol. The summed E-state index contributed by atoms with van der Waals surface area (Å²) in [6.45, 7) is -0.558. The molecule has 1 aromatic rings. The first-order valence-electron chi connectivity index (χ1n) is 7.60. The molecule has 0 atom stereocenters. The van der Waals surface area contributed by atoms with Crippen LogP contribution in [0.5, 0.6) is 5.75 Å².